The third-order valence-electron chi connectivity index (χ3n) is 2.73. The second kappa shape index (κ2) is 5.40. The molecule has 2 aromatic rings. The average Bonchev–Trinajstić information content (AvgIpc) is 2.39. The monoisotopic (exact) mass is 243 g/mol. The number of methoxy groups -OCH3 is 1. The number of aromatic nitrogens is 1. The van der Waals surface area contributed by atoms with E-state index in [1.54, 1.807) is 19.4 Å². The normalized spacial score (nSPS) is 11.9. The molecule has 1 unspecified atom stereocenters. The average molecular weight is 243 g/mol. The highest BCUT2D eigenvalue weighted by Crippen LogP contribution is 2.25. The van der Waals surface area contributed by atoms with Gasteiger partial charge in [-0.15, -0.1) is 0 Å². The van der Waals surface area contributed by atoms with Crippen LogP contribution in [0.15, 0.2) is 42.7 Å². The maximum atomic E-state index is 5.82. The van der Waals surface area contributed by atoms with Gasteiger partial charge in [0.15, 0.2) is 0 Å². The number of nitrogens with zero attached hydrogens (tertiary/aromatic N) is 1. The zero-order valence-corrected chi connectivity index (χ0v) is 10.6. The van der Waals surface area contributed by atoms with Crippen molar-refractivity contribution >= 4 is 11.4 Å². The van der Waals surface area contributed by atoms with E-state index in [1.165, 1.54) is 0 Å². The minimum atomic E-state index is 0.158. The van der Waals surface area contributed by atoms with E-state index >= 15 is 0 Å². The van der Waals surface area contributed by atoms with Gasteiger partial charge in [-0.2, -0.15) is 0 Å². The highest BCUT2D eigenvalue weighted by atomic mass is 16.5. The van der Waals surface area contributed by atoms with Crippen molar-refractivity contribution < 1.29 is 4.74 Å². The van der Waals surface area contributed by atoms with Crippen LogP contribution in [0.4, 0.5) is 11.4 Å². The minimum absolute atomic E-state index is 0.158. The van der Waals surface area contributed by atoms with Crippen molar-refractivity contribution in [2.75, 3.05) is 18.2 Å². The van der Waals surface area contributed by atoms with Crippen LogP contribution in [0.1, 0.15) is 18.5 Å². The number of nitrogen functional groups attached to an aromatic ring is 1. The van der Waals surface area contributed by atoms with Gasteiger partial charge in [0.25, 0.3) is 0 Å². The molecule has 0 saturated heterocycles. The summed E-state index contributed by atoms with van der Waals surface area (Å²) < 4.78 is 5.19. The largest absolute Gasteiger partial charge is 0.497 e. The number of hydrogen-bond donors (Lipinski definition) is 2. The number of rotatable bonds is 4. The van der Waals surface area contributed by atoms with Gasteiger partial charge >= 0.3 is 0 Å². The van der Waals surface area contributed by atoms with Gasteiger partial charge in [-0.25, -0.2) is 0 Å². The summed E-state index contributed by atoms with van der Waals surface area (Å²) in [5, 5.41) is 3.37. The summed E-state index contributed by atoms with van der Waals surface area (Å²) in [5.41, 5.74) is 8.55. The van der Waals surface area contributed by atoms with Crippen LogP contribution in [0, 0.1) is 0 Å². The predicted molar refractivity (Wildman–Crippen MR) is 73.7 cm³/mol. The van der Waals surface area contributed by atoms with Crippen LogP contribution >= 0.6 is 0 Å². The van der Waals surface area contributed by atoms with Gasteiger partial charge in [0.05, 0.1) is 13.2 Å². The molecule has 0 saturated carbocycles. The van der Waals surface area contributed by atoms with E-state index < -0.39 is 0 Å². The number of nitrogens with one attached hydrogen (secondary N) is 1. The lowest BCUT2D eigenvalue weighted by molar-refractivity contribution is 0.415. The van der Waals surface area contributed by atoms with Crippen LogP contribution < -0.4 is 15.8 Å². The first-order valence-corrected chi connectivity index (χ1v) is 5.80. The maximum Gasteiger partial charge on any atom is 0.122 e. The first kappa shape index (κ1) is 12.2. The lowest BCUT2D eigenvalue weighted by Crippen LogP contribution is -2.07. The van der Waals surface area contributed by atoms with Crippen LogP contribution in [0.25, 0.3) is 0 Å². The quantitative estimate of drug-likeness (QED) is 0.811. The molecule has 3 N–H and O–H groups in total. The van der Waals surface area contributed by atoms with Gasteiger partial charge < -0.3 is 15.8 Å². The van der Waals surface area contributed by atoms with Crippen molar-refractivity contribution in [2.24, 2.45) is 0 Å². The lowest BCUT2D eigenvalue weighted by Gasteiger charge is -2.16. The molecular formula is C14H17N3O. The number of hydrogen-bond acceptors (Lipinski definition) is 4. The Morgan fingerprint density at radius 2 is 2.17 bits per heavy atom. The summed E-state index contributed by atoms with van der Waals surface area (Å²) in [4.78, 5) is 4.11. The number of pyridine rings is 1. The molecule has 1 aromatic heterocycles. The zero-order chi connectivity index (χ0) is 13.0. The summed E-state index contributed by atoms with van der Waals surface area (Å²) in [5.74, 6) is 0.746. The molecule has 0 bridgehead atoms. The Hall–Kier alpha value is -2.23. The Labute approximate surface area is 107 Å². The maximum absolute atomic E-state index is 5.82. The van der Waals surface area contributed by atoms with Crippen LogP contribution in [0.5, 0.6) is 5.75 Å². The first-order chi connectivity index (χ1) is 8.69. The molecule has 4 nitrogen and oxygen atoms in total. The van der Waals surface area contributed by atoms with Gasteiger partial charge in [-0.05, 0) is 24.6 Å². The molecule has 2 rings (SSSR count). The fraction of sp³-hybridized carbons (Fsp3) is 0.214. The number of ether oxygens (including phenoxy) is 1. The summed E-state index contributed by atoms with van der Waals surface area (Å²) >= 11 is 0. The third-order valence-corrected chi connectivity index (χ3v) is 2.73. The fourth-order valence-corrected chi connectivity index (χ4v) is 1.79. The van der Waals surface area contributed by atoms with Crippen LogP contribution in [-0.4, -0.2) is 12.1 Å². The molecule has 0 radical (unpaired) electrons. The zero-order valence-electron chi connectivity index (χ0n) is 10.6. The molecule has 1 atom stereocenters. The minimum Gasteiger partial charge on any atom is -0.497 e. The smallest absolute Gasteiger partial charge is 0.122 e. The number of benzene rings is 1. The lowest BCUT2D eigenvalue weighted by atomic mass is 10.1. The molecule has 0 fully saturated rings. The molecule has 0 aliphatic carbocycles. The highest BCUT2D eigenvalue weighted by molar-refractivity contribution is 5.59. The van der Waals surface area contributed by atoms with Crippen molar-refractivity contribution in [2.45, 2.75) is 13.0 Å². The van der Waals surface area contributed by atoms with Crippen molar-refractivity contribution in [1.29, 1.82) is 0 Å². The molecule has 0 aliphatic heterocycles. The van der Waals surface area contributed by atoms with Crippen molar-refractivity contribution in [3.63, 3.8) is 0 Å². The van der Waals surface area contributed by atoms with Gasteiger partial charge in [-0.1, -0.05) is 6.07 Å². The van der Waals surface area contributed by atoms with Crippen LogP contribution in [0.3, 0.4) is 0 Å². The van der Waals surface area contributed by atoms with Crippen molar-refractivity contribution in [1.82, 2.24) is 4.98 Å². The summed E-state index contributed by atoms with van der Waals surface area (Å²) in [6.07, 6.45) is 3.61. The van der Waals surface area contributed by atoms with Crippen molar-refractivity contribution in [3.05, 3.63) is 48.3 Å². The first-order valence-electron chi connectivity index (χ1n) is 5.80. The molecule has 4 heteroatoms. The second-order valence-corrected chi connectivity index (χ2v) is 4.15. The van der Waals surface area contributed by atoms with E-state index in [9.17, 15) is 0 Å². The summed E-state index contributed by atoms with van der Waals surface area (Å²) in [6, 6.07) is 9.71. The Morgan fingerprint density at radius 1 is 1.33 bits per heavy atom. The molecule has 0 amide bonds. The summed E-state index contributed by atoms with van der Waals surface area (Å²) in [6.45, 7) is 2.08. The van der Waals surface area contributed by atoms with E-state index in [4.69, 9.17) is 10.5 Å². The molecule has 0 spiro atoms. The Kier molecular flexibility index (Phi) is 3.67. The Balaban J connectivity index is 2.16. The van der Waals surface area contributed by atoms with E-state index in [2.05, 4.69) is 17.2 Å². The van der Waals surface area contributed by atoms with Gasteiger partial charge in [-0.3, -0.25) is 4.98 Å². The number of nitrogens with two attached hydrogens (primary N) is 1. The third kappa shape index (κ3) is 2.91. The molecule has 18 heavy (non-hydrogen) atoms. The fourth-order valence-electron chi connectivity index (χ4n) is 1.79. The topological polar surface area (TPSA) is 60.2 Å². The van der Waals surface area contributed by atoms with Gasteiger partial charge in [0.2, 0.25) is 0 Å². The summed E-state index contributed by atoms with van der Waals surface area (Å²) in [7, 11) is 1.63. The SMILES string of the molecule is COc1cc(N)cc(NC(C)c2cccnc2)c1. The predicted octanol–water partition coefficient (Wildman–Crippen LogP) is 2.85. The van der Waals surface area contributed by atoms with E-state index in [1.807, 2.05) is 30.5 Å². The molecule has 0 aliphatic rings. The number of anilines is 2. The van der Waals surface area contributed by atoms with Crippen LogP contribution in [0.2, 0.25) is 0 Å². The molecule has 1 heterocycles. The van der Waals surface area contributed by atoms with E-state index in [0.29, 0.717) is 5.69 Å². The van der Waals surface area contributed by atoms with Gasteiger partial charge in [0, 0.05) is 35.9 Å². The Morgan fingerprint density at radius 3 is 2.83 bits per heavy atom. The molecule has 94 valence electrons. The van der Waals surface area contributed by atoms with Crippen molar-refractivity contribution in [3.8, 4) is 5.75 Å². The van der Waals surface area contributed by atoms with E-state index in [-0.39, 0.29) is 6.04 Å². The van der Waals surface area contributed by atoms with E-state index in [0.717, 1.165) is 17.0 Å². The second-order valence-electron chi connectivity index (χ2n) is 4.15. The highest BCUT2D eigenvalue weighted by Gasteiger charge is 2.06. The standard InChI is InChI=1S/C14H17N3O/c1-10(11-4-3-5-16-9-11)17-13-6-12(15)7-14(8-13)18-2/h3-10,17H,15H2,1-2H3. The Bertz CT molecular complexity index is 514. The van der Waals surface area contributed by atoms with Crippen LogP contribution in [-0.2, 0) is 0 Å². The molecule has 1 aromatic carbocycles. The molecular weight excluding hydrogens is 226 g/mol. The van der Waals surface area contributed by atoms with Gasteiger partial charge in [0.1, 0.15) is 5.75 Å².